The molecule has 0 atom stereocenters. The number of aryl methyl sites for hydroxylation is 1. The maximum atomic E-state index is 12.0. The second-order valence-corrected chi connectivity index (χ2v) is 7.49. The Hall–Kier alpha value is -3.02. The van der Waals surface area contributed by atoms with E-state index in [4.69, 9.17) is 16.7 Å². The van der Waals surface area contributed by atoms with Gasteiger partial charge in [-0.2, -0.15) is 0 Å². The van der Waals surface area contributed by atoms with Crippen LogP contribution in [0.1, 0.15) is 33.2 Å². The third-order valence-electron chi connectivity index (χ3n) is 3.98. The van der Waals surface area contributed by atoms with E-state index in [9.17, 15) is 9.59 Å². The Morgan fingerprint density at radius 2 is 1.93 bits per heavy atom. The van der Waals surface area contributed by atoms with Crippen LogP contribution >= 0.6 is 11.3 Å². The summed E-state index contributed by atoms with van der Waals surface area (Å²) in [6, 6.07) is 9.54. The molecule has 0 aliphatic heterocycles. The molecule has 0 spiro atoms. The van der Waals surface area contributed by atoms with E-state index in [1.165, 1.54) is 22.5 Å². The quantitative estimate of drug-likeness (QED) is 0.134. The van der Waals surface area contributed by atoms with Crippen molar-refractivity contribution in [1.82, 2.24) is 25.8 Å². The Morgan fingerprint density at radius 3 is 2.67 bits per heavy atom. The summed E-state index contributed by atoms with van der Waals surface area (Å²) in [5.74, 6) is 5.17. The summed E-state index contributed by atoms with van der Waals surface area (Å²) in [5, 5.41) is 24.2. The normalized spacial score (nSPS) is 11.2. The molecular formula is C19H27N7O3S. The molecule has 30 heavy (non-hydrogen) atoms. The third-order valence-corrected chi connectivity index (χ3v) is 4.96. The van der Waals surface area contributed by atoms with Crippen molar-refractivity contribution in [3.8, 4) is 0 Å². The molecular weight excluding hydrogens is 406 g/mol. The Morgan fingerprint density at radius 1 is 1.17 bits per heavy atom. The fourth-order valence-corrected chi connectivity index (χ4v) is 3.24. The molecule has 1 aromatic heterocycles. The molecule has 2 amide bonds. The van der Waals surface area contributed by atoms with Crippen LogP contribution < -0.4 is 22.2 Å². The molecule has 0 aliphatic rings. The first-order valence-electron chi connectivity index (χ1n) is 9.51. The molecule has 11 heteroatoms. The number of benzene rings is 1. The van der Waals surface area contributed by atoms with Crippen LogP contribution in [0.4, 0.5) is 0 Å². The fourth-order valence-electron chi connectivity index (χ4n) is 2.44. The molecule has 0 saturated heterocycles. The lowest BCUT2D eigenvalue weighted by molar-refractivity contribution is -0.117. The summed E-state index contributed by atoms with van der Waals surface area (Å²) in [6.07, 6.45) is 3.61. The number of carbonyl (C=O) groups excluding carboxylic acids is 2. The predicted molar refractivity (Wildman–Crippen MR) is 114 cm³/mol. The second-order valence-electron chi connectivity index (χ2n) is 6.43. The standard InChI is InChI=1S/C19H27N7O3S/c20-15(17(28)23-12-14-6-2-1-3-7-14)13-26(21)10-5-4-8-16-24-25-19(30-16)18(29)22-9-11-27/h1-3,6-7,13,27H,4-5,8-12,20-21H2,(H,22,29)(H,23,28)/b15-13-. The Kier molecular flexibility index (Phi) is 9.71. The smallest absolute Gasteiger partial charge is 0.282 e. The number of hydrogen-bond acceptors (Lipinski definition) is 9. The van der Waals surface area contributed by atoms with E-state index in [1.807, 2.05) is 30.3 Å². The van der Waals surface area contributed by atoms with Gasteiger partial charge in [0, 0.05) is 32.3 Å². The van der Waals surface area contributed by atoms with Crippen LogP contribution in [0.3, 0.4) is 0 Å². The number of aromatic nitrogens is 2. The summed E-state index contributed by atoms with van der Waals surface area (Å²) < 4.78 is 0. The van der Waals surface area contributed by atoms with E-state index in [0.29, 0.717) is 19.5 Å². The van der Waals surface area contributed by atoms with E-state index in [-0.39, 0.29) is 35.7 Å². The highest BCUT2D eigenvalue weighted by atomic mass is 32.1. The van der Waals surface area contributed by atoms with Crippen molar-refractivity contribution in [3.63, 3.8) is 0 Å². The Labute approximate surface area is 178 Å². The molecule has 162 valence electrons. The number of aliphatic hydroxyl groups excluding tert-OH is 1. The molecule has 2 rings (SSSR count). The van der Waals surface area contributed by atoms with Gasteiger partial charge in [0.2, 0.25) is 5.01 Å². The number of carbonyl (C=O) groups is 2. The lowest BCUT2D eigenvalue weighted by atomic mass is 10.2. The van der Waals surface area contributed by atoms with Gasteiger partial charge in [-0.05, 0) is 18.4 Å². The molecule has 0 unspecified atom stereocenters. The van der Waals surface area contributed by atoms with Gasteiger partial charge in [-0.15, -0.1) is 10.2 Å². The van der Waals surface area contributed by atoms with Crippen molar-refractivity contribution in [2.24, 2.45) is 11.6 Å². The number of nitrogens with one attached hydrogen (secondary N) is 2. The topological polar surface area (TPSA) is 159 Å². The van der Waals surface area contributed by atoms with Crippen LogP contribution in [0.2, 0.25) is 0 Å². The van der Waals surface area contributed by atoms with Gasteiger partial charge in [0.1, 0.15) is 10.7 Å². The van der Waals surface area contributed by atoms with Crippen LogP contribution in [-0.4, -0.2) is 51.8 Å². The van der Waals surface area contributed by atoms with Gasteiger partial charge in [0.25, 0.3) is 11.8 Å². The highest BCUT2D eigenvalue weighted by molar-refractivity contribution is 7.13. The van der Waals surface area contributed by atoms with Crippen molar-refractivity contribution >= 4 is 23.2 Å². The predicted octanol–water partition coefficient (Wildman–Crippen LogP) is -0.125. The van der Waals surface area contributed by atoms with Crippen molar-refractivity contribution in [3.05, 3.63) is 57.8 Å². The van der Waals surface area contributed by atoms with Crippen LogP contribution in [-0.2, 0) is 17.8 Å². The van der Waals surface area contributed by atoms with Gasteiger partial charge in [0.15, 0.2) is 0 Å². The number of hydrazine groups is 1. The van der Waals surface area contributed by atoms with Crippen molar-refractivity contribution < 1.29 is 14.7 Å². The SMILES string of the molecule is N/C(=C\N(N)CCCCc1nnc(C(=O)NCCO)s1)C(=O)NCc1ccccc1. The summed E-state index contributed by atoms with van der Waals surface area (Å²) >= 11 is 1.22. The zero-order chi connectivity index (χ0) is 21.8. The average molecular weight is 434 g/mol. The van der Waals surface area contributed by atoms with Crippen molar-refractivity contribution in [1.29, 1.82) is 0 Å². The Balaban J connectivity index is 1.67. The number of unbranched alkanes of at least 4 members (excludes halogenated alkanes) is 1. The first kappa shape index (κ1) is 23.3. The summed E-state index contributed by atoms with van der Waals surface area (Å²) in [7, 11) is 0. The minimum atomic E-state index is -0.379. The van der Waals surface area contributed by atoms with Gasteiger partial charge < -0.3 is 26.5 Å². The largest absolute Gasteiger partial charge is 0.395 e. The minimum Gasteiger partial charge on any atom is -0.395 e. The number of amides is 2. The molecule has 1 heterocycles. The van der Waals surface area contributed by atoms with E-state index in [1.54, 1.807) is 0 Å². The molecule has 0 saturated carbocycles. The highest BCUT2D eigenvalue weighted by Crippen LogP contribution is 2.12. The zero-order valence-electron chi connectivity index (χ0n) is 16.6. The summed E-state index contributed by atoms with van der Waals surface area (Å²) in [6.45, 7) is 0.956. The number of aliphatic hydroxyl groups is 1. The lowest BCUT2D eigenvalue weighted by Gasteiger charge is -2.14. The molecule has 0 radical (unpaired) electrons. The molecule has 0 bridgehead atoms. The first-order chi connectivity index (χ1) is 14.5. The molecule has 1 aromatic carbocycles. The summed E-state index contributed by atoms with van der Waals surface area (Å²) in [5.41, 5.74) is 6.82. The summed E-state index contributed by atoms with van der Waals surface area (Å²) in [4.78, 5) is 23.8. The maximum Gasteiger partial charge on any atom is 0.282 e. The zero-order valence-corrected chi connectivity index (χ0v) is 17.4. The van der Waals surface area contributed by atoms with Crippen LogP contribution in [0, 0.1) is 0 Å². The second kappa shape index (κ2) is 12.5. The number of nitrogens with zero attached hydrogens (tertiary/aromatic N) is 3. The molecule has 7 N–H and O–H groups in total. The third kappa shape index (κ3) is 8.15. The lowest BCUT2D eigenvalue weighted by Crippen LogP contribution is -2.33. The molecule has 10 nitrogen and oxygen atoms in total. The van der Waals surface area contributed by atoms with Gasteiger partial charge in [-0.25, -0.2) is 5.84 Å². The fraction of sp³-hybridized carbons (Fsp3) is 0.368. The molecule has 2 aromatic rings. The molecule has 0 aliphatic carbocycles. The van der Waals surface area contributed by atoms with E-state index < -0.39 is 0 Å². The van der Waals surface area contributed by atoms with Crippen molar-refractivity contribution in [2.45, 2.75) is 25.8 Å². The maximum absolute atomic E-state index is 12.0. The van der Waals surface area contributed by atoms with Gasteiger partial charge in [-0.1, -0.05) is 41.7 Å². The monoisotopic (exact) mass is 433 g/mol. The van der Waals surface area contributed by atoms with Crippen LogP contribution in [0.5, 0.6) is 0 Å². The van der Waals surface area contributed by atoms with E-state index in [2.05, 4.69) is 20.8 Å². The van der Waals surface area contributed by atoms with Gasteiger partial charge in [0.05, 0.1) is 6.61 Å². The van der Waals surface area contributed by atoms with E-state index >= 15 is 0 Å². The number of rotatable bonds is 12. The van der Waals surface area contributed by atoms with Crippen molar-refractivity contribution in [2.75, 3.05) is 19.7 Å². The average Bonchev–Trinajstić information content (AvgIpc) is 3.23. The van der Waals surface area contributed by atoms with Crippen LogP contribution in [0.25, 0.3) is 0 Å². The minimum absolute atomic E-state index is 0.0380. The first-order valence-corrected chi connectivity index (χ1v) is 10.3. The molecule has 0 fully saturated rings. The Bertz CT molecular complexity index is 842. The highest BCUT2D eigenvalue weighted by Gasteiger charge is 2.12. The van der Waals surface area contributed by atoms with Gasteiger partial charge >= 0.3 is 0 Å². The van der Waals surface area contributed by atoms with Gasteiger partial charge in [-0.3, -0.25) is 9.59 Å². The van der Waals surface area contributed by atoms with E-state index in [0.717, 1.165) is 23.4 Å². The number of nitrogens with two attached hydrogens (primary N) is 2. The number of hydrogen-bond donors (Lipinski definition) is 5. The van der Waals surface area contributed by atoms with Crippen LogP contribution in [0.15, 0.2) is 42.2 Å².